The molecule has 0 radical (unpaired) electrons. The Morgan fingerprint density at radius 3 is 2.19 bits per heavy atom. The molecule has 140 valence electrons. The molecule has 0 bridgehead atoms. The minimum Gasteiger partial charge on any atom is -0.497 e. The molecule has 0 atom stereocenters. The van der Waals surface area contributed by atoms with Gasteiger partial charge >= 0.3 is 5.97 Å². The molecule has 1 aliphatic heterocycles. The first kappa shape index (κ1) is 18.7. The molecule has 1 N–H and O–H groups in total. The van der Waals surface area contributed by atoms with Crippen LogP contribution in [0.5, 0.6) is 5.75 Å². The Morgan fingerprint density at radius 2 is 1.67 bits per heavy atom. The zero-order chi connectivity index (χ0) is 19.8. The average molecular weight is 387 g/mol. The second kappa shape index (κ2) is 6.88. The topological polar surface area (TPSA) is 101 Å². The molecular formula is C19H17NO6S. The molecule has 27 heavy (non-hydrogen) atoms. The molecule has 1 amide bonds. The van der Waals surface area contributed by atoms with E-state index in [1.807, 2.05) is 0 Å². The van der Waals surface area contributed by atoms with Gasteiger partial charge in [0.2, 0.25) is 0 Å². The number of methoxy groups -OCH3 is 1. The molecule has 1 heterocycles. The van der Waals surface area contributed by atoms with E-state index in [0.717, 1.165) is 4.31 Å². The van der Waals surface area contributed by atoms with Gasteiger partial charge in [-0.25, -0.2) is 17.5 Å². The van der Waals surface area contributed by atoms with E-state index < -0.39 is 21.9 Å². The highest BCUT2D eigenvalue weighted by molar-refractivity contribution is 7.99. The Bertz CT molecular complexity index is 1040. The Labute approximate surface area is 156 Å². The molecular weight excluding hydrogens is 370 g/mol. The normalized spacial score (nSPS) is 15.9. The van der Waals surface area contributed by atoms with Crippen LogP contribution < -0.4 is 4.74 Å². The molecule has 0 fully saturated rings. The number of carbonyl (C=O) groups is 2. The standard InChI is InChI=1S/C19H17NO6S/c1-12-17(14-7-9-16(26-2)10-8-14)27(24,25)20(18(12)21)11-13-3-5-15(6-4-13)19(22)23/h3-10H,11H2,1-2H3,(H,22,23). The van der Waals surface area contributed by atoms with E-state index in [2.05, 4.69) is 0 Å². The van der Waals surface area contributed by atoms with Crippen molar-refractivity contribution in [3.8, 4) is 5.75 Å². The summed E-state index contributed by atoms with van der Waals surface area (Å²) < 4.78 is 31.8. The zero-order valence-electron chi connectivity index (χ0n) is 14.7. The molecule has 0 saturated heterocycles. The number of ether oxygens (including phenoxy) is 1. The van der Waals surface area contributed by atoms with Crippen molar-refractivity contribution in [2.45, 2.75) is 13.5 Å². The monoisotopic (exact) mass is 387 g/mol. The van der Waals surface area contributed by atoms with E-state index in [1.165, 1.54) is 38.3 Å². The second-order valence-corrected chi connectivity index (χ2v) is 7.80. The predicted molar refractivity (Wildman–Crippen MR) is 98.5 cm³/mol. The molecule has 0 aromatic heterocycles. The maximum absolute atomic E-state index is 13.0. The van der Waals surface area contributed by atoms with Crippen molar-refractivity contribution in [1.82, 2.24) is 4.31 Å². The fourth-order valence-corrected chi connectivity index (χ4v) is 4.68. The van der Waals surface area contributed by atoms with Crippen LogP contribution >= 0.6 is 0 Å². The van der Waals surface area contributed by atoms with Gasteiger partial charge in [0.15, 0.2) is 0 Å². The fourth-order valence-electron chi connectivity index (χ4n) is 2.88. The van der Waals surface area contributed by atoms with Crippen LogP contribution in [-0.4, -0.2) is 36.8 Å². The first-order valence-corrected chi connectivity index (χ1v) is 9.44. The number of benzene rings is 2. The average Bonchev–Trinajstić information content (AvgIpc) is 2.82. The lowest BCUT2D eigenvalue weighted by Gasteiger charge is -2.17. The summed E-state index contributed by atoms with van der Waals surface area (Å²) >= 11 is 0. The zero-order valence-corrected chi connectivity index (χ0v) is 15.5. The van der Waals surface area contributed by atoms with E-state index in [4.69, 9.17) is 9.84 Å². The molecule has 8 heteroatoms. The van der Waals surface area contributed by atoms with Gasteiger partial charge in [-0.2, -0.15) is 0 Å². The van der Waals surface area contributed by atoms with Crippen molar-refractivity contribution in [1.29, 1.82) is 0 Å². The molecule has 0 unspecified atom stereocenters. The van der Waals surface area contributed by atoms with Gasteiger partial charge in [-0.05, 0) is 54.4 Å². The van der Waals surface area contributed by atoms with Crippen molar-refractivity contribution in [2.24, 2.45) is 0 Å². The van der Waals surface area contributed by atoms with Crippen LogP contribution in [-0.2, 0) is 21.4 Å². The minimum atomic E-state index is -4.02. The van der Waals surface area contributed by atoms with Crippen molar-refractivity contribution >= 4 is 26.8 Å². The molecule has 3 rings (SSSR count). The predicted octanol–water partition coefficient (Wildman–Crippen LogP) is 2.50. The summed E-state index contributed by atoms with van der Waals surface area (Å²) in [5.74, 6) is -1.09. The van der Waals surface area contributed by atoms with Gasteiger partial charge in [0.1, 0.15) is 10.7 Å². The maximum atomic E-state index is 13.0. The van der Waals surface area contributed by atoms with Crippen LogP contribution in [0, 0.1) is 0 Å². The van der Waals surface area contributed by atoms with Gasteiger partial charge in [-0.15, -0.1) is 0 Å². The third kappa shape index (κ3) is 3.31. The largest absolute Gasteiger partial charge is 0.497 e. The van der Waals surface area contributed by atoms with Gasteiger partial charge in [0, 0.05) is 5.57 Å². The van der Waals surface area contributed by atoms with Crippen LogP contribution in [0.4, 0.5) is 0 Å². The van der Waals surface area contributed by atoms with E-state index in [1.54, 1.807) is 24.3 Å². The summed E-state index contributed by atoms with van der Waals surface area (Å²) in [7, 11) is -2.51. The summed E-state index contributed by atoms with van der Waals surface area (Å²) in [6, 6.07) is 12.2. The van der Waals surface area contributed by atoms with Crippen LogP contribution in [0.1, 0.15) is 28.4 Å². The SMILES string of the molecule is COc1ccc(C2=C(C)C(=O)N(Cc3ccc(C(=O)O)cc3)S2(=O)=O)cc1. The van der Waals surface area contributed by atoms with Crippen LogP contribution in [0.25, 0.3) is 4.91 Å². The number of nitrogens with zero attached hydrogens (tertiary/aromatic N) is 1. The lowest BCUT2D eigenvalue weighted by atomic mass is 10.1. The summed E-state index contributed by atoms with van der Waals surface area (Å²) in [5.41, 5.74) is 1.15. The molecule has 7 nitrogen and oxygen atoms in total. The van der Waals surface area contributed by atoms with Gasteiger partial charge < -0.3 is 9.84 Å². The molecule has 0 saturated carbocycles. The molecule has 0 spiro atoms. The summed E-state index contributed by atoms with van der Waals surface area (Å²) in [4.78, 5) is 23.5. The van der Waals surface area contributed by atoms with E-state index in [0.29, 0.717) is 16.9 Å². The molecule has 1 aliphatic rings. The third-order valence-corrected chi connectivity index (χ3v) is 6.25. The molecule has 2 aromatic rings. The minimum absolute atomic E-state index is 0.0303. The Hall–Kier alpha value is -3.13. The number of hydrogen-bond acceptors (Lipinski definition) is 5. The summed E-state index contributed by atoms with van der Waals surface area (Å²) in [5, 5.41) is 8.94. The number of sulfonamides is 1. The molecule has 0 aliphatic carbocycles. The van der Waals surface area contributed by atoms with E-state index in [-0.39, 0.29) is 22.6 Å². The van der Waals surface area contributed by atoms with Gasteiger partial charge in [0.25, 0.3) is 15.9 Å². The van der Waals surface area contributed by atoms with Gasteiger partial charge in [0.05, 0.1) is 19.2 Å². The first-order chi connectivity index (χ1) is 12.8. The van der Waals surface area contributed by atoms with Crippen LogP contribution in [0.3, 0.4) is 0 Å². The highest BCUT2D eigenvalue weighted by atomic mass is 32.2. The quantitative estimate of drug-likeness (QED) is 0.846. The number of amides is 1. The van der Waals surface area contributed by atoms with Crippen molar-refractivity contribution < 1.29 is 27.9 Å². The number of carboxylic acid groups (broad SMARTS) is 1. The second-order valence-electron chi connectivity index (χ2n) is 6.00. The van der Waals surface area contributed by atoms with Crippen LogP contribution in [0.2, 0.25) is 0 Å². The Morgan fingerprint density at radius 1 is 1.07 bits per heavy atom. The fraction of sp³-hybridized carbons (Fsp3) is 0.158. The number of hydrogen-bond donors (Lipinski definition) is 1. The number of rotatable bonds is 5. The number of carbonyl (C=O) groups excluding carboxylic acids is 1. The number of carboxylic acids is 1. The highest BCUT2D eigenvalue weighted by Crippen LogP contribution is 2.36. The lowest BCUT2D eigenvalue weighted by Crippen LogP contribution is -2.30. The van der Waals surface area contributed by atoms with Crippen molar-refractivity contribution in [2.75, 3.05) is 7.11 Å². The summed E-state index contributed by atoms with van der Waals surface area (Å²) in [6.45, 7) is 1.31. The van der Waals surface area contributed by atoms with Gasteiger partial charge in [-0.3, -0.25) is 4.79 Å². The Kier molecular flexibility index (Phi) is 4.75. The van der Waals surface area contributed by atoms with Crippen LogP contribution in [0.15, 0.2) is 54.1 Å². The van der Waals surface area contributed by atoms with E-state index >= 15 is 0 Å². The maximum Gasteiger partial charge on any atom is 0.335 e. The Balaban J connectivity index is 1.93. The first-order valence-electron chi connectivity index (χ1n) is 8.00. The van der Waals surface area contributed by atoms with Crippen molar-refractivity contribution in [3.63, 3.8) is 0 Å². The van der Waals surface area contributed by atoms with E-state index in [9.17, 15) is 18.0 Å². The highest BCUT2D eigenvalue weighted by Gasteiger charge is 2.42. The molecule has 2 aromatic carbocycles. The van der Waals surface area contributed by atoms with Gasteiger partial charge in [-0.1, -0.05) is 12.1 Å². The lowest BCUT2D eigenvalue weighted by molar-refractivity contribution is -0.122. The summed E-state index contributed by atoms with van der Waals surface area (Å²) in [6.07, 6.45) is 0. The number of aromatic carboxylic acids is 1. The van der Waals surface area contributed by atoms with Crippen molar-refractivity contribution in [3.05, 3.63) is 70.8 Å². The smallest absolute Gasteiger partial charge is 0.335 e. The third-order valence-electron chi connectivity index (χ3n) is 4.32.